The zero-order valence-corrected chi connectivity index (χ0v) is 23.9. The maximum Gasteiger partial charge on any atom is 0.260 e. The molecule has 0 bridgehead atoms. The van der Waals surface area contributed by atoms with Gasteiger partial charge in [-0.15, -0.1) is 0 Å². The highest BCUT2D eigenvalue weighted by Gasteiger charge is 2.40. The molecule has 12 heteroatoms. The van der Waals surface area contributed by atoms with Crippen LogP contribution in [0.5, 0.6) is 40.2 Å². The summed E-state index contributed by atoms with van der Waals surface area (Å²) in [6.07, 6.45) is -4.38. The molecule has 3 aromatic rings. The van der Waals surface area contributed by atoms with Crippen LogP contribution in [-0.2, 0) is 4.79 Å². The number of ether oxygens (including phenoxy) is 5. The molecule has 0 spiro atoms. The summed E-state index contributed by atoms with van der Waals surface area (Å²) in [5.41, 5.74) is 0.752. The second-order valence-corrected chi connectivity index (χ2v) is 10.0. The number of ketones is 1. The number of carbonyl (C=O) groups excluding carboxylic acids is 2. The van der Waals surface area contributed by atoms with Crippen LogP contribution in [0.3, 0.4) is 0 Å². The maximum atomic E-state index is 13.2. The van der Waals surface area contributed by atoms with Crippen molar-refractivity contribution in [2.24, 2.45) is 0 Å². The van der Waals surface area contributed by atoms with E-state index in [0.29, 0.717) is 30.0 Å². The molecule has 1 amide bonds. The highest BCUT2D eigenvalue weighted by Crippen LogP contribution is 2.46. The third-order valence-electron chi connectivity index (χ3n) is 7.47. The van der Waals surface area contributed by atoms with Gasteiger partial charge < -0.3 is 49.0 Å². The SMILES string of the molecule is CCN(CC)C(=O)COc1cc(O)c2c(c1)OC(c1ccc3c(c1)OC(c1ccc(O)c(OC)c1)C(CO)O3)C(O)C2=O. The van der Waals surface area contributed by atoms with E-state index in [1.807, 2.05) is 13.8 Å². The van der Waals surface area contributed by atoms with E-state index in [1.165, 1.54) is 25.3 Å². The fourth-order valence-corrected chi connectivity index (χ4v) is 5.17. The summed E-state index contributed by atoms with van der Waals surface area (Å²) in [5, 5.41) is 41.5. The molecule has 0 aromatic heterocycles. The Balaban J connectivity index is 1.41. The number of hydrogen-bond donors (Lipinski definition) is 4. The minimum Gasteiger partial charge on any atom is -0.507 e. The zero-order chi connectivity index (χ0) is 30.8. The van der Waals surface area contributed by atoms with Crippen molar-refractivity contribution in [2.45, 2.75) is 38.3 Å². The number of phenolic OH excluding ortho intramolecular Hbond substituents is 2. The van der Waals surface area contributed by atoms with E-state index in [2.05, 4.69) is 0 Å². The van der Waals surface area contributed by atoms with E-state index in [4.69, 9.17) is 23.7 Å². The quantitative estimate of drug-likeness (QED) is 0.288. The van der Waals surface area contributed by atoms with Crippen LogP contribution >= 0.6 is 0 Å². The van der Waals surface area contributed by atoms with Gasteiger partial charge in [0, 0.05) is 30.8 Å². The monoisotopic (exact) mass is 595 g/mol. The van der Waals surface area contributed by atoms with Crippen molar-refractivity contribution in [3.8, 4) is 40.2 Å². The number of fused-ring (bicyclic) bond motifs is 2. The number of phenols is 2. The Labute approximate surface area is 247 Å². The normalized spacial score (nSPS) is 20.5. The molecular weight excluding hydrogens is 562 g/mol. The van der Waals surface area contributed by atoms with Gasteiger partial charge in [-0.05, 0) is 43.7 Å². The van der Waals surface area contributed by atoms with Crippen molar-refractivity contribution < 1.29 is 53.7 Å². The van der Waals surface area contributed by atoms with Crippen molar-refractivity contribution in [3.05, 3.63) is 65.2 Å². The van der Waals surface area contributed by atoms with Crippen LogP contribution in [0, 0.1) is 0 Å². The summed E-state index contributed by atoms with van der Waals surface area (Å²) in [7, 11) is 1.41. The second kappa shape index (κ2) is 12.3. The third-order valence-corrected chi connectivity index (χ3v) is 7.47. The topological polar surface area (TPSA) is 164 Å². The predicted octanol–water partition coefficient (Wildman–Crippen LogP) is 2.90. The molecule has 12 nitrogen and oxygen atoms in total. The molecule has 0 saturated heterocycles. The number of methoxy groups -OCH3 is 1. The molecule has 0 radical (unpaired) electrons. The Morgan fingerprint density at radius 2 is 1.58 bits per heavy atom. The van der Waals surface area contributed by atoms with Crippen LogP contribution in [0.25, 0.3) is 0 Å². The molecule has 4 unspecified atom stereocenters. The van der Waals surface area contributed by atoms with Crippen LogP contribution in [0.15, 0.2) is 48.5 Å². The van der Waals surface area contributed by atoms with Crippen LogP contribution in [-0.4, -0.2) is 82.6 Å². The number of carbonyl (C=O) groups is 2. The summed E-state index contributed by atoms with van der Waals surface area (Å²) < 4.78 is 29.0. The highest BCUT2D eigenvalue weighted by atomic mass is 16.6. The number of nitrogens with zero attached hydrogens (tertiary/aromatic N) is 1. The van der Waals surface area contributed by atoms with Crippen molar-refractivity contribution in [1.29, 1.82) is 0 Å². The van der Waals surface area contributed by atoms with Gasteiger partial charge in [0.15, 0.2) is 54.0 Å². The summed E-state index contributed by atoms with van der Waals surface area (Å²) >= 11 is 0. The van der Waals surface area contributed by atoms with Gasteiger partial charge in [-0.25, -0.2) is 0 Å². The Morgan fingerprint density at radius 1 is 0.884 bits per heavy atom. The first-order chi connectivity index (χ1) is 20.7. The molecular formula is C31H33NO11. The van der Waals surface area contributed by atoms with Crippen molar-refractivity contribution in [2.75, 3.05) is 33.4 Å². The number of aromatic hydroxyl groups is 2. The molecule has 43 heavy (non-hydrogen) atoms. The molecule has 5 rings (SSSR count). The largest absolute Gasteiger partial charge is 0.507 e. The van der Waals surface area contributed by atoms with E-state index in [0.717, 1.165) is 0 Å². The minimum atomic E-state index is -1.65. The Bertz CT molecular complexity index is 1520. The first-order valence-electron chi connectivity index (χ1n) is 13.8. The lowest BCUT2D eigenvalue weighted by Crippen LogP contribution is -2.37. The molecule has 4 atom stereocenters. The van der Waals surface area contributed by atoms with Gasteiger partial charge in [-0.3, -0.25) is 9.59 Å². The van der Waals surface area contributed by atoms with E-state index in [1.54, 1.807) is 35.2 Å². The van der Waals surface area contributed by atoms with Crippen LogP contribution in [0.4, 0.5) is 0 Å². The van der Waals surface area contributed by atoms with Gasteiger partial charge in [-0.1, -0.05) is 12.1 Å². The van der Waals surface area contributed by atoms with Gasteiger partial charge >= 0.3 is 0 Å². The second-order valence-electron chi connectivity index (χ2n) is 10.0. The molecule has 0 fully saturated rings. The van der Waals surface area contributed by atoms with Crippen LogP contribution < -0.4 is 23.7 Å². The summed E-state index contributed by atoms with van der Waals surface area (Å²) in [6.45, 7) is 4.11. The number of likely N-dealkylation sites (N-methyl/N-ethyl adjacent to an activating group) is 1. The van der Waals surface area contributed by atoms with Gasteiger partial charge in [0.25, 0.3) is 5.91 Å². The summed E-state index contributed by atoms with van der Waals surface area (Å²) in [4.78, 5) is 27.1. The summed E-state index contributed by atoms with van der Waals surface area (Å²) in [6, 6.07) is 12.0. The molecule has 0 aliphatic carbocycles. The van der Waals surface area contributed by atoms with E-state index in [9.17, 15) is 30.0 Å². The van der Waals surface area contributed by atoms with Crippen LogP contribution in [0.2, 0.25) is 0 Å². The average molecular weight is 596 g/mol. The Kier molecular flexibility index (Phi) is 8.51. The molecule has 2 aliphatic rings. The lowest BCUT2D eigenvalue weighted by molar-refractivity contribution is -0.132. The number of hydrogen-bond acceptors (Lipinski definition) is 11. The van der Waals surface area contributed by atoms with Gasteiger partial charge in [0.2, 0.25) is 5.78 Å². The predicted molar refractivity (Wildman–Crippen MR) is 151 cm³/mol. The van der Waals surface area contributed by atoms with E-state index < -0.39 is 35.9 Å². The lowest BCUT2D eigenvalue weighted by atomic mass is 9.92. The lowest BCUT2D eigenvalue weighted by Gasteiger charge is -2.35. The average Bonchev–Trinajstić information content (AvgIpc) is 3.01. The number of amides is 1. The fourth-order valence-electron chi connectivity index (χ4n) is 5.17. The Morgan fingerprint density at radius 3 is 2.28 bits per heavy atom. The molecule has 0 saturated carbocycles. The van der Waals surface area contributed by atoms with Gasteiger partial charge in [0.1, 0.15) is 22.8 Å². The van der Waals surface area contributed by atoms with Gasteiger partial charge in [-0.2, -0.15) is 0 Å². The van der Waals surface area contributed by atoms with Crippen molar-refractivity contribution >= 4 is 11.7 Å². The first-order valence-corrected chi connectivity index (χ1v) is 13.8. The molecule has 4 N–H and O–H groups in total. The number of benzene rings is 3. The summed E-state index contributed by atoms with van der Waals surface area (Å²) in [5.74, 6) is -0.591. The molecule has 2 aliphatic heterocycles. The zero-order valence-electron chi connectivity index (χ0n) is 23.9. The number of aliphatic hydroxyl groups is 2. The first kappa shape index (κ1) is 29.8. The molecule has 3 aromatic carbocycles. The molecule has 228 valence electrons. The number of aliphatic hydroxyl groups excluding tert-OH is 2. The Hall–Kier alpha value is -4.68. The van der Waals surface area contributed by atoms with Gasteiger partial charge in [0.05, 0.1) is 13.7 Å². The van der Waals surface area contributed by atoms with E-state index in [-0.39, 0.29) is 53.4 Å². The fraction of sp³-hybridized carbons (Fsp3) is 0.355. The molecule has 2 heterocycles. The number of rotatable bonds is 9. The van der Waals surface area contributed by atoms with E-state index >= 15 is 0 Å². The smallest absolute Gasteiger partial charge is 0.260 e. The minimum absolute atomic E-state index is 0.0186. The number of Topliss-reactive ketones (excluding diaryl/α,β-unsaturated/α-hetero) is 1. The van der Waals surface area contributed by atoms with Crippen molar-refractivity contribution in [3.63, 3.8) is 0 Å². The highest BCUT2D eigenvalue weighted by molar-refractivity contribution is 6.05. The standard InChI is InChI=1S/C31H33NO11/c1-4-32(5-2)26(36)15-40-18-12-20(35)27-24(13-18)43-31(29(38)28(27)37)17-7-9-21-23(11-17)42-30(25(14-33)41-21)16-6-8-19(34)22(10-16)39-3/h6-13,25,29-31,33-35,38H,4-5,14-15H2,1-3H3. The third kappa shape index (κ3) is 5.71. The maximum absolute atomic E-state index is 13.2. The van der Waals surface area contributed by atoms with Crippen LogP contribution in [0.1, 0.15) is 47.5 Å². The van der Waals surface area contributed by atoms with Crippen molar-refractivity contribution in [1.82, 2.24) is 4.90 Å².